The molecule has 6 heteroatoms. The van der Waals surface area contributed by atoms with Crippen LogP contribution in [0.25, 0.3) is 0 Å². The Morgan fingerprint density at radius 1 is 1.12 bits per heavy atom. The molecule has 1 saturated carbocycles. The Labute approximate surface area is 154 Å². The van der Waals surface area contributed by atoms with Crippen molar-refractivity contribution in [3.8, 4) is 0 Å². The molecule has 0 aliphatic heterocycles. The monoisotopic (exact) mass is 360 g/mol. The Morgan fingerprint density at radius 2 is 1.77 bits per heavy atom. The molecule has 2 N–H and O–H groups in total. The van der Waals surface area contributed by atoms with Crippen molar-refractivity contribution in [2.24, 2.45) is 5.92 Å². The maximum absolute atomic E-state index is 12.4. The largest absolute Gasteiger partial charge is 0.481 e. The molecule has 0 aromatic heterocycles. The Hall–Kier alpha value is -2.37. The molecule has 0 unspecified atom stereocenters. The van der Waals surface area contributed by atoms with Crippen LogP contribution in [0, 0.1) is 5.92 Å². The first kappa shape index (κ1) is 19.9. The van der Waals surface area contributed by atoms with Crippen LogP contribution in [0.15, 0.2) is 24.3 Å². The average molecular weight is 360 g/mol. The molecule has 1 aliphatic carbocycles. The van der Waals surface area contributed by atoms with E-state index < -0.39 is 5.97 Å². The molecule has 0 saturated heterocycles. The van der Waals surface area contributed by atoms with Crippen molar-refractivity contribution < 1.29 is 19.5 Å². The minimum Gasteiger partial charge on any atom is -0.481 e. The summed E-state index contributed by atoms with van der Waals surface area (Å²) in [6.45, 7) is 2.95. The molecule has 0 heterocycles. The number of amides is 2. The number of carboxylic acid groups (broad SMARTS) is 1. The molecule has 0 bridgehead atoms. The van der Waals surface area contributed by atoms with Crippen LogP contribution in [-0.2, 0) is 16.1 Å². The van der Waals surface area contributed by atoms with Gasteiger partial charge in [0.1, 0.15) is 0 Å². The molecular weight excluding hydrogens is 332 g/mol. The van der Waals surface area contributed by atoms with Crippen LogP contribution in [-0.4, -0.2) is 40.9 Å². The number of hydrogen-bond acceptors (Lipinski definition) is 3. The van der Waals surface area contributed by atoms with Crippen LogP contribution < -0.4 is 5.32 Å². The van der Waals surface area contributed by atoms with Crippen molar-refractivity contribution in [1.82, 2.24) is 10.2 Å². The zero-order chi connectivity index (χ0) is 18.9. The van der Waals surface area contributed by atoms with E-state index in [-0.39, 0.29) is 30.7 Å². The fraction of sp³-hybridized carbons (Fsp3) is 0.550. The van der Waals surface area contributed by atoms with Gasteiger partial charge in [0.15, 0.2) is 0 Å². The van der Waals surface area contributed by atoms with Gasteiger partial charge in [-0.25, -0.2) is 0 Å². The van der Waals surface area contributed by atoms with E-state index in [1.807, 2.05) is 19.1 Å². The van der Waals surface area contributed by atoms with Crippen molar-refractivity contribution in [2.75, 3.05) is 13.1 Å². The number of carbonyl (C=O) groups is 3. The zero-order valence-electron chi connectivity index (χ0n) is 15.4. The Bertz CT molecular complexity index is 621. The molecule has 0 spiro atoms. The second-order valence-electron chi connectivity index (χ2n) is 6.78. The SMILES string of the molecule is CCN(CCC(=O)O)C(=O)c1ccc(CNC(=O)C2CCCCC2)cc1. The van der Waals surface area contributed by atoms with Gasteiger partial charge < -0.3 is 15.3 Å². The first-order valence-corrected chi connectivity index (χ1v) is 9.39. The van der Waals surface area contributed by atoms with Gasteiger partial charge in [0.05, 0.1) is 6.42 Å². The third-order valence-corrected chi connectivity index (χ3v) is 4.91. The van der Waals surface area contributed by atoms with Crippen LogP contribution >= 0.6 is 0 Å². The summed E-state index contributed by atoms with van der Waals surface area (Å²) in [5.41, 5.74) is 1.47. The van der Waals surface area contributed by atoms with Gasteiger partial charge in [0, 0.05) is 31.1 Å². The summed E-state index contributed by atoms with van der Waals surface area (Å²) in [4.78, 5) is 36.8. The number of hydrogen-bond donors (Lipinski definition) is 2. The standard InChI is InChI=1S/C20H28N2O4/c1-2-22(13-12-18(23)24)20(26)17-10-8-15(9-11-17)14-21-19(25)16-6-4-3-5-7-16/h8-11,16H,2-7,12-14H2,1H3,(H,21,25)(H,23,24). The van der Waals surface area contributed by atoms with Gasteiger partial charge in [0.2, 0.25) is 5.91 Å². The maximum atomic E-state index is 12.4. The number of nitrogens with zero attached hydrogens (tertiary/aromatic N) is 1. The number of rotatable bonds is 8. The first-order valence-electron chi connectivity index (χ1n) is 9.39. The zero-order valence-corrected chi connectivity index (χ0v) is 15.4. The highest BCUT2D eigenvalue weighted by atomic mass is 16.4. The van der Waals surface area contributed by atoms with E-state index in [0.717, 1.165) is 31.2 Å². The van der Waals surface area contributed by atoms with Crippen LogP contribution in [0.4, 0.5) is 0 Å². The van der Waals surface area contributed by atoms with Gasteiger partial charge >= 0.3 is 5.97 Å². The van der Waals surface area contributed by atoms with E-state index in [1.165, 1.54) is 11.3 Å². The van der Waals surface area contributed by atoms with E-state index >= 15 is 0 Å². The lowest BCUT2D eigenvalue weighted by molar-refractivity contribution is -0.137. The summed E-state index contributed by atoms with van der Waals surface area (Å²) in [6, 6.07) is 7.13. The smallest absolute Gasteiger partial charge is 0.305 e. The van der Waals surface area contributed by atoms with Crippen molar-refractivity contribution >= 4 is 17.8 Å². The first-order chi connectivity index (χ1) is 12.5. The lowest BCUT2D eigenvalue weighted by atomic mass is 9.88. The van der Waals surface area contributed by atoms with Gasteiger partial charge in [-0.3, -0.25) is 14.4 Å². The van der Waals surface area contributed by atoms with E-state index in [2.05, 4.69) is 5.32 Å². The Kier molecular flexibility index (Phi) is 7.63. The summed E-state index contributed by atoms with van der Waals surface area (Å²) in [5.74, 6) is -0.834. The predicted octanol–water partition coefficient (Wildman–Crippen LogP) is 2.82. The average Bonchev–Trinajstić information content (AvgIpc) is 2.67. The van der Waals surface area contributed by atoms with Crippen molar-refractivity contribution in [1.29, 1.82) is 0 Å². The van der Waals surface area contributed by atoms with Crippen molar-refractivity contribution in [3.05, 3.63) is 35.4 Å². The molecule has 26 heavy (non-hydrogen) atoms. The topological polar surface area (TPSA) is 86.7 Å². The van der Waals surface area contributed by atoms with E-state index in [9.17, 15) is 14.4 Å². The minimum atomic E-state index is -0.916. The molecule has 0 atom stereocenters. The van der Waals surface area contributed by atoms with Crippen molar-refractivity contribution in [2.45, 2.75) is 52.0 Å². The second kappa shape index (κ2) is 9.94. The highest BCUT2D eigenvalue weighted by molar-refractivity contribution is 5.94. The van der Waals surface area contributed by atoms with Crippen molar-refractivity contribution in [3.63, 3.8) is 0 Å². The number of aliphatic carboxylic acids is 1. The van der Waals surface area contributed by atoms with E-state index in [4.69, 9.17) is 5.11 Å². The van der Waals surface area contributed by atoms with Crippen LogP contribution in [0.1, 0.15) is 61.4 Å². The second-order valence-corrected chi connectivity index (χ2v) is 6.78. The summed E-state index contributed by atoms with van der Waals surface area (Å²) >= 11 is 0. The highest BCUT2D eigenvalue weighted by Gasteiger charge is 2.20. The molecule has 2 rings (SSSR count). The molecule has 1 aliphatic rings. The third-order valence-electron chi connectivity index (χ3n) is 4.91. The van der Waals surface area contributed by atoms with E-state index in [1.54, 1.807) is 12.1 Å². The normalized spacial score (nSPS) is 14.7. The molecule has 6 nitrogen and oxygen atoms in total. The molecule has 142 valence electrons. The fourth-order valence-electron chi connectivity index (χ4n) is 3.28. The van der Waals surface area contributed by atoms with Crippen LogP contribution in [0.3, 0.4) is 0 Å². The summed E-state index contributed by atoms with van der Waals surface area (Å²) < 4.78 is 0. The molecular formula is C20H28N2O4. The molecule has 2 amide bonds. The number of nitrogens with one attached hydrogen (secondary N) is 1. The lowest BCUT2D eigenvalue weighted by Gasteiger charge is -2.21. The van der Waals surface area contributed by atoms with Gasteiger partial charge in [-0.1, -0.05) is 31.4 Å². The quantitative estimate of drug-likeness (QED) is 0.746. The Balaban J connectivity index is 1.87. The maximum Gasteiger partial charge on any atom is 0.305 e. The van der Waals surface area contributed by atoms with Crippen LogP contribution in [0.2, 0.25) is 0 Å². The minimum absolute atomic E-state index is 0.0646. The molecule has 1 fully saturated rings. The lowest BCUT2D eigenvalue weighted by Crippen LogP contribution is -2.33. The predicted molar refractivity (Wildman–Crippen MR) is 98.7 cm³/mol. The summed E-state index contributed by atoms with van der Waals surface area (Å²) in [5, 5.41) is 11.8. The number of benzene rings is 1. The van der Waals surface area contributed by atoms with Gasteiger partial charge in [-0.15, -0.1) is 0 Å². The van der Waals surface area contributed by atoms with Gasteiger partial charge in [0.25, 0.3) is 5.91 Å². The fourth-order valence-corrected chi connectivity index (χ4v) is 3.28. The molecule has 0 radical (unpaired) electrons. The van der Waals surface area contributed by atoms with Crippen LogP contribution in [0.5, 0.6) is 0 Å². The van der Waals surface area contributed by atoms with Gasteiger partial charge in [-0.05, 0) is 37.5 Å². The third kappa shape index (κ3) is 5.86. The summed E-state index contributed by atoms with van der Waals surface area (Å²) in [6.07, 6.45) is 5.37. The molecule has 1 aromatic rings. The Morgan fingerprint density at radius 3 is 2.35 bits per heavy atom. The van der Waals surface area contributed by atoms with Gasteiger partial charge in [-0.2, -0.15) is 0 Å². The number of carboxylic acids is 1. The molecule has 1 aromatic carbocycles. The summed E-state index contributed by atoms with van der Waals surface area (Å²) in [7, 11) is 0. The highest BCUT2D eigenvalue weighted by Crippen LogP contribution is 2.23. The van der Waals surface area contributed by atoms with E-state index in [0.29, 0.717) is 18.7 Å². The number of carbonyl (C=O) groups excluding carboxylic acids is 2.